The molecular formula is C12H17FO3. The molecule has 3 nitrogen and oxygen atoms in total. The van der Waals surface area contributed by atoms with Gasteiger partial charge in [-0.15, -0.1) is 0 Å². The van der Waals surface area contributed by atoms with Crippen molar-refractivity contribution in [3.05, 3.63) is 29.6 Å². The largest absolute Gasteiger partial charge is 0.505 e. The minimum absolute atomic E-state index is 0.0371. The topological polar surface area (TPSA) is 60.7 Å². The Kier molecular flexibility index (Phi) is 3.88. The molecule has 16 heavy (non-hydrogen) atoms. The highest BCUT2D eigenvalue weighted by Gasteiger charge is 2.29. The Balaban J connectivity index is 2.95. The SMILES string of the molecule is CC(C)(CCO)[C@@H](O)c1ccc(O)c(F)c1. The van der Waals surface area contributed by atoms with Gasteiger partial charge in [0.2, 0.25) is 0 Å². The average Bonchev–Trinajstić information content (AvgIpc) is 2.21. The van der Waals surface area contributed by atoms with Crippen LogP contribution in [0.3, 0.4) is 0 Å². The van der Waals surface area contributed by atoms with E-state index in [4.69, 9.17) is 10.2 Å². The van der Waals surface area contributed by atoms with Crippen LogP contribution in [-0.2, 0) is 0 Å². The molecule has 0 unspecified atom stereocenters. The van der Waals surface area contributed by atoms with Crippen molar-refractivity contribution in [2.45, 2.75) is 26.4 Å². The summed E-state index contributed by atoms with van der Waals surface area (Å²) in [5, 5.41) is 27.9. The monoisotopic (exact) mass is 228 g/mol. The molecule has 0 aliphatic carbocycles. The summed E-state index contributed by atoms with van der Waals surface area (Å²) in [6.45, 7) is 3.54. The van der Waals surface area contributed by atoms with Gasteiger partial charge in [-0.2, -0.15) is 0 Å². The van der Waals surface area contributed by atoms with Crippen LogP contribution >= 0.6 is 0 Å². The first-order valence-electron chi connectivity index (χ1n) is 5.16. The second-order valence-corrected chi connectivity index (χ2v) is 4.58. The number of phenolic OH excluding ortho intramolecular Hbond substituents is 1. The van der Waals surface area contributed by atoms with E-state index < -0.39 is 23.1 Å². The smallest absolute Gasteiger partial charge is 0.165 e. The minimum Gasteiger partial charge on any atom is -0.505 e. The van der Waals surface area contributed by atoms with E-state index >= 15 is 0 Å². The average molecular weight is 228 g/mol. The van der Waals surface area contributed by atoms with Crippen LogP contribution in [0.4, 0.5) is 4.39 Å². The summed E-state index contributed by atoms with van der Waals surface area (Å²) in [7, 11) is 0. The molecule has 4 heteroatoms. The fourth-order valence-corrected chi connectivity index (χ4v) is 1.57. The van der Waals surface area contributed by atoms with Gasteiger partial charge in [-0.25, -0.2) is 4.39 Å². The number of aromatic hydroxyl groups is 1. The summed E-state index contributed by atoms with van der Waals surface area (Å²) in [5.74, 6) is -1.19. The molecular weight excluding hydrogens is 211 g/mol. The van der Waals surface area contributed by atoms with Crippen LogP contribution in [0.5, 0.6) is 5.75 Å². The van der Waals surface area contributed by atoms with Gasteiger partial charge in [0.1, 0.15) is 0 Å². The van der Waals surface area contributed by atoms with E-state index in [1.54, 1.807) is 13.8 Å². The zero-order valence-electron chi connectivity index (χ0n) is 9.44. The second kappa shape index (κ2) is 4.80. The van der Waals surface area contributed by atoms with Gasteiger partial charge in [-0.3, -0.25) is 0 Å². The maximum Gasteiger partial charge on any atom is 0.165 e. The Labute approximate surface area is 94.2 Å². The first-order valence-corrected chi connectivity index (χ1v) is 5.16. The Morgan fingerprint density at radius 3 is 2.50 bits per heavy atom. The Bertz CT molecular complexity index is 363. The minimum atomic E-state index is -0.880. The summed E-state index contributed by atoms with van der Waals surface area (Å²) in [5.41, 5.74) is -0.146. The molecule has 1 rings (SSSR count). The van der Waals surface area contributed by atoms with Crippen LogP contribution < -0.4 is 0 Å². The quantitative estimate of drug-likeness (QED) is 0.738. The Hall–Kier alpha value is -1.13. The molecule has 0 saturated heterocycles. The second-order valence-electron chi connectivity index (χ2n) is 4.58. The van der Waals surface area contributed by atoms with E-state index in [-0.39, 0.29) is 6.61 Å². The molecule has 1 aromatic rings. The third-order valence-electron chi connectivity index (χ3n) is 2.78. The maximum absolute atomic E-state index is 13.1. The summed E-state index contributed by atoms with van der Waals surface area (Å²) >= 11 is 0. The lowest BCUT2D eigenvalue weighted by atomic mass is 9.80. The zero-order valence-corrected chi connectivity index (χ0v) is 9.44. The lowest BCUT2D eigenvalue weighted by Gasteiger charge is -2.30. The number of hydrogen-bond acceptors (Lipinski definition) is 3. The van der Waals surface area contributed by atoms with E-state index in [1.165, 1.54) is 12.1 Å². The standard InChI is InChI=1S/C12H17FO3/c1-12(2,5-6-14)11(16)8-3-4-10(15)9(13)7-8/h3-4,7,11,14-16H,5-6H2,1-2H3/t11-/m0/s1. The number of rotatable bonds is 4. The van der Waals surface area contributed by atoms with Gasteiger partial charge in [-0.05, 0) is 29.5 Å². The molecule has 0 radical (unpaired) electrons. The van der Waals surface area contributed by atoms with Crippen molar-refractivity contribution >= 4 is 0 Å². The first kappa shape index (κ1) is 12.9. The molecule has 0 amide bonds. The first-order chi connectivity index (χ1) is 7.38. The van der Waals surface area contributed by atoms with Crippen molar-refractivity contribution < 1.29 is 19.7 Å². The predicted octanol–water partition coefficient (Wildman–Crippen LogP) is 1.97. The van der Waals surface area contributed by atoms with E-state index in [0.29, 0.717) is 12.0 Å². The molecule has 90 valence electrons. The molecule has 3 N–H and O–H groups in total. The highest BCUT2D eigenvalue weighted by atomic mass is 19.1. The van der Waals surface area contributed by atoms with E-state index in [9.17, 15) is 9.50 Å². The van der Waals surface area contributed by atoms with E-state index in [1.807, 2.05) is 0 Å². The third-order valence-corrected chi connectivity index (χ3v) is 2.78. The van der Waals surface area contributed by atoms with Gasteiger partial charge in [-0.1, -0.05) is 19.9 Å². The zero-order chi connectivity index (χ0) is 12.3. The summed E-state index contributed by atoms with van der Waals surface area (Å²) in [6, 6.07) is 3.80. The predicted molar refractivity (Wildman–Crippen MR) is 58.5 cm³/mol. The molecule has 1 aromatic carbocycles. The van der Waals surface area contributed by atoms with Gasteiger partial charge in [0.25, 0.3) is 0 Å². The van der Waals surface area contributed by atoms with Gasteiger partial charge < -0.3 is 15.3 Å². The Morgan fingerprint density at radius 2 is 2.00 bits per heavy atom. The van der Waals surface area contributed by atoms with Gasteiger partial charge in [0.05, 0.1) is 6.10 Å². The van der Waals surface area contributed by atoms with Crippen LogP contribution in [0.15, 0.2) is 18.2 Å². The van der Waals surface area contributed by atoms with Crippen molar-refractivity contribution in [3.8, 4) is 5.75 Å². The maximum atomic E-state index is 13.1. The van der Waals surface area contributed by atoms with Crippen LogP contribution in [0.1, 0.15) is 31.9 Å². The molecule has 0 saturated carbocycles. The van der Waals surface area contributed by atoms with Crippen molar-refractivity contribution in [3.63, 3.8) is 0 Å². The van der Waals surface area contributed by atoms with Crippen LogP contribution in [0, 0.1) is 11.2 Å². The highest BCUT2D eigenvalue weighted by Crippen LogP contribution is 2.37. The molecule has 0 fully saturated rings. The fourth-order valence-electron chi connectivity index (χ4n) is 1.57. The number of aliphatic hydroxyl groups excluding tert-OH is 2. The van der Waals surface area contributed by atoms with Crippen LogP contribution in [0.25, 0.3) is 0 Å². The van der Waals surface area contributed by atoms with Gasteiger partial charge in [0.15, 0.2) is 11.6 Å². The van der Waals surface area contributed by atoms with Crippen molar-refractivity contribution in [2.75, 3.05) is 6.61 Å². The number of aliphatic hydroxyl groups is 2. The molecule has 1 atom stereocenters. The van der Waals surface area contributed by atoms with Crippen molar-refractivity contribution in [2.24, 2.45) is 5.41 Å². The lowest BCUT2D eigenvalue weighted by molar-refractivity contribution is 0.0302. The molecule has 0 aliphatic rings. The van der Waals surface area contributed by atoms with Crippen molar-refractivity contribution in [1.82, 2.24) is 0 Å². The summed E-state index contributed by atoms with van der Waals surface area (Å²) < 4.78 is 13.1. The highest BCUT2D eigenvalue weighted by molar-refractivity contribution is 5.30. The number of phenols is 1. The molecule has 0 spiro atoms. The molecule has 0 aliphatic heterocycles. The Morgan fingerprint density at radius 1 is 1.38 bits per heavy atom. The molecule has 0 bridgehead atoms. The summed E-state index contributed by atoms with van der Waals surface area (Å²) in [6.07, 6.45) is -0.467. The van der Waals surface area contributed by atoms with Crippen LogP contribution in [0.2, 0.25) is 0 Å². The number of hydrogen-bond donors (Lipinski definition) is 3. The molecule has 0 aromatic heterocycles. The van der Waals surface area contributed by atoms with E-state index in [0.717, 1.165) is 6.07 Å². The van der Waals surface area contributed by atoms with Crippen LogP contribution in [-0.4, -0.2) is 21.9 Å². The third kappa shape index (κ3) is 2.71. The number of benzene rings is 1. The lowest BCUT2D eigenvalue weighted by Crippen LogP contribution is -2.23. The number of halogens is 1. The van der Waals surface area contributed by atoms with Gasteiger partial charge >= 0.3 is 0 Å². The fraction of sp³-hybridized carbons (Fsp3) is 0.500. The normalized spacial score (nSPS) is 13.8. The van der Waals surface area contributed by atoms with Crippen molar-refractivity contribution in [1.29, 1.82) is 0 Å². The van der Waals surface area contributed by atoms with Gasteiger partial charge in [0, 0.05) is 6.61 Å². The summed E-state index contributed by atoms with van der Waals surface area (Å²) in [4.78, 5) is 0. The molecule has 0 heterocycles. The van der Waals surface area contributed by atoms with E-state index in [2.05, 4.69) is 0 Å².